The van der Waals surface area contributed by atoms with E-state index in [0.717, 1.165) is 24.6 Å². The fraction of sp³-hybridized carbons (Fsp3) is 0.200. The van der Waals surface area contributed by atoms with Crippen molar-refractivity contribution in [1.82, 2.24) is 19.9 Å². The molecule has 0 spiro atoms. The molecule has 1 N–H and O–H groups in total. The standard InChI is InChI=1S/C20H19ClN6O/c21-15-4-3-5-16(12-15)25-18-14-23-17(13-24-18)20(28)27-10-8-26(9-11-27)19-6-1-2-7-22-19/h1-7,12-14H,8-11H2,(H,24,25). The first kappa shape index (κ1) is 18.2. The molecule has 3 heterocycles. The molecule has 1 saturated heterocycles. The summed E-state index contributed by atoms with van der Waals surface area (Å²) in [5, 5.41) is 3.75. The van der Waals surface area contributed by atoms with Gasteiger partial charge in [0, 0.05) is 43.1 Å². The molecule has 2 aromatic heterocycles. The Morgan fingerprint density at radius 1 is 0.964 bits per heavy atom. The number of aromatic nitrogens is 3. The predicted octanol–water partition coefficient (Wildman–Crippen LogP) is 3.23. The van der Waals surface area contributed by atoms with Crippen LogP contribution in [0.25, 0.3) is 0 Å². The Labute approximate surface area is 168 Å². The van der Waals surface area contributed by atoms with Gasteiger partial charge in [-0.3, -0.25) is 4.79 Å². The van der Waals surface area contributed by atoms with Crippen LogP contribution in [0.4, 0.5) is 17.3 Å². The van der Waals surface area contributed by atoms with Gasteiger partial charge in [-0.2, -0.15) is 0 Å². The van der Waals surface area contributed by atoms with E-state index in [2.05, 4.69) is 25.2 Å². The van der Waals surface area contributed by atoms with Crippen LogP contribution in [0, 0.1) is 0 Å². The lowest BCUT2D eigenvalue weighted by molar-refractivity contribution is 0.0740. The predicted molar refractivity (Wildman–Crippen MR) is 109 cm³/mol. The zero-order valence-corrected chi connectivity index (χ0v) is 15.9. The second-order valence-corrected chi connectivity index (χ2v) is 6.83. The van der Waals surface area contributed by atoms with Crippen LogP contribution in [-0.2, 0) is 0 Å². The summed E-state index contributed by atoms with van der Waals surface area (Å²) in [5.41, 5.74) is 1.15. The molecular weight excluding hydrogens is 376 g/mol. The molecule has 1 amide bonds. The quantitative estimate of drug-likeness (QED) is 0.732. The Hall–Kier alpha value is -3.19. The summed E-state index contributed by atoms with van der Waals surface area (Å²) < 4.78 is 0. The second kappa shape index (κ2) is 8.22. The maximum atomic E-state index is 12.7. The van der Waals surface area contributed by atoms with Gasteiger partial charge >= 0.3 is 0 Å². The number of benzene rings is 1. The van der Waals surface area contributed by atoms with E-state index in [1.807, 2.05) is 30.3 Å². The van der Waals surface area contributed by atoms with E-state index in [4.69, 9.17) is 11.6 Å². The highest BCUT2D eigenvalue weighted by molar-refractivity contribution is 6.30. The molecule has 1 aromatic carbocycles. The minimum atomic E-state index is -0.109. The minimum absolute atomic E-state index is 0.109. The first-order valence-corrected chi connectivity index (χ1v) is 9.37. The van der Waals surface area contributed by atoms with Gasteiger partial charge < -0.3 is 15.1 Å². The molecule has 3 aromatic rings. The summed E-state index contributed by atoms with van der Waals surface area (Å²) in [6, 6.07) is 13.2. The van der Waals surface area contributed by atoms with Crippen molar-refractivity contribution in [3.63, 3.8) is 0 Å². The number of hydrogen-bond donors (Lipinski definition) is 1. The zero-order chi connectivity index (χ0) is 19.3. The summed E-state index contributed by atoms with van der Waals surface area (Å²) in [4.78, 5) is 29.6. The molecular formula is C20H19ClN6O. The third-order valence-corrected chi connectivity index (χ3v) is 4.74. The van der Waals surface area contributed by atoms with Crippen LogP contribution >= 0.6 is 11.6 Å². The molecule has 1 aliphatic heterocycles. The molecule has 0 saturated carbocycles. The van der Waals surface area contributed by atoms with Gasteiger partial charge in [-0.25, -0.2) is 15.0 Å². The Morgan fingerprint density at radius 2 is 1.82 bits per heavy atom. The number of carbonyl (C=O) groups is 1. The molecule has 0 unspecified atom stereocenters. The van der Waals surface area contributed by atoms with Crippen LogP contribution in [0.15, 0.2) is 61.1 Å². The maximum absolute atomic E-state index is 12.7. The molecule has 1 fully saturated rings. The molecule has 1 aliphatic rings. The average Bonchev–Trinajstić information content (AvgIpc) is 2.75. The van der Waals surface area contributed by atoms with Crippen molar-refractivity contribution in [2.75, 3.05) is 36.4 Å². The molecule has 0 radical (unpaired) electrons. The number of rotatable bonds is 4. The van der Waals surface area contributed by atoms with Gasteiger partial charge in [-0.1, -0.05) is 23.7 Å². The average molecular weight is 395 g/mol. The highest BCUT2D eigenvalue weighted by atomic mass is 35.5. The van der Waals surface area contributed by atoms with Crippen molar-refractivity contribution in [2.45, 2.75) is 0 Å². The van der Waals surface area contributed by atoms with Gasteiger partial charge in [0.25, 0.3) is 5.91 Å². The number of piperazine rings is 1. The van der Waals surface area contributed by atoms with E-state index < -0.39 is 0 Å². The van der Waals surface area contributed by atoms with E-state index in [0.29, 0.717) is 29.6 Å². The molecule has 4 rings (SSSR count). The molecule has 0 atom stereocenters. The molecule has 0 aliphatic carbocycles. The summed E-state index contributed by atoms with van der Waals surface area (Å²) >= 11 is 5.98. The second-order valence-electron chi connectivity index (χ2n) is 6.39. The molecule has 7 nitrogen and oxygen atoms in total. The van der Waals surface area contributed by atoms with Gasteiger partial charge in [0.15, 0.2) is 0 Å². The number of anilines is 3. The Morgan fingerprint density at radius 3 is 2.50 bits per heavy atom. The summed E-state index contributed by atoms with van der Waals surface area (Å²) in [5.74, 6) is 1.38. The molecule has 142 valence electrons. The smallest absolute Gasteiger partial charge is 0.274 e. The van der Waals surface area contributed by atoms with Crippen LogP contribution in [0.1, 0.15) is 10.5 Å². The number of hydrogen-bond acceptors (Lipinski definition) is 6. The zero-order valence-electron chi connectivity index (χ0n) is 15.1. The van der Waals surface area contributed by atoms with Crippen molar-refractivity contribution < 1.29 is 4.79 Å². The highest BCUT2D eigenvalue weighted by Crippen LogP contribution is 2.19. The van der Waals surface area contributed by atoms with Crippen molar-refractivity contribution in [2.24, 2.45) is 0 Å². The first-order valence-electron chi connectivity index (χ1n) is 8.99. The number of nitrogens with one attached hydrogen (secondary N) is 1. The molecule has 8 heteroatoms. The van der Waals surface area contributed by atoms with Crippen LogP contribution in [0.3, 0.4) is 0 Å². The number of halogens is 1. The van der Waals surface area contributed by atoms with Gasteiger partial charge in [0.1, 0.15) is 17.3 Å². The lowest BCUT2D eigenvalue weighted by Crippen LogP contribution is -2.49. The van der Waals surface area contributed by atoms with Gasteiger partial charge in [0.05, 0.1) is 12.4 Å². The van der Waals surface area contributed by atoms with Gasteiger partial charge in [0.2, 0.25) is 0 Å². The largest absolute Gasteiger partial charge is 0.353 e. The van der Waals surface area contributed by atoms with E-state index in [1.54, 1.807) is 29.4 Å². The van der Waals surface area contributed by atoms with Crippen LogP contribution in [0.5, 0.6) is 0 Å². The molecule has 28 heavy (non-hydrogen) atoms. The van der Waals surface area contributed by atoms with Crippen molar-refractivity contribution in [3.05, 3.63) is 71.8 Å². The van der Waals surface area contributed by atoms with Crippen LogP contribution < -0.4 is 10.2 Å². The lowest BCUT2D eigenvalue weighted by atomic mass is 10.2. The van der Waals surface area contributed by atoms with E-state index in [9.17, 15) is 4.79 Å². The van der Waals surface area contributed by atoms with E-state index in [1.165, 1.54) is 6.20 Å². The van der Waals surface area contributed by atoms with E-state index >= 15 is 0 Å². The number of nitrogens with zero attached hydrogens (tertiary/aromatic N) is 5. The summed E-state index contributed by atoms with van der Waals surface area (Å²) in [6.07, 6.45) is 4.83. The monoisotopic (exact) mass is 394 g/mol. The van der Waals surface area contributed by atoms with Gasteiger partial charge in [-0.15, -0.1) is 0 Å². The third kappa shape index (κ3) is 4.20. The van der Waals surface area contributed by atoms with Crippen molar-refractivity contribution in [3.8, 4) is 0 Å². The SMILES string of the molecule is O=C(c1cnc(Nc2cccc(Cl)c2)cn1)N1CCN(c2ccccn2)CC1. The van der Waals surface area contributed by atoms with Crippen molar-refractivity contribution >= 4 is 34.8 Å². The lowest BCUT2D eigenvalue weighted by Gasteiger charge is -2.35. The fourth-order valence-corrected chi connectivity index (χ4v) is 3.25. The number of carbonyl (C=O) groups excluding carboxylic acids is 1. The Kier molecular flexibility index (Phi) is 5.34. The number of pyridine rings is 1. The van der Waals surface area contributed by atoms with Gasteiger partial charge in [-0.05, 0) is 30.3 Å². The summed E-state index contributed by atoms with van der Waals surface area (Å²) in [6.45, 7) is 2.73. The third-order valence-electron chi connectivity index (χ3n) is 4.51. The maximum Gasteiger partial charge on any atom is 0.274 e. The molecule has 0 bridgehead atoms. The minimum Gasteiger partial charge on any atom is -0.353 e. The topological polar surface area (TPSA) is 74.2 Å². The Bertz CT molecular complexity index is 942. The first-order chi connectivity index (χ1) is 13.7. The van der Waals surface area contributed by atoms with E-state index in [-0.39, 0.29) is 5.91 Å². The van der Waals surface area contributed by atoms with Crippen LogP contribution in [0.2, 0.25) is 5.02 Å². The summed E-state index contributed by atoms with van der Waals surface area (Å²) in [7, 11) is 0. The number of amides is 1. The van der Waals surface area contributed by atoms with Crippen molar-refractivity contribution in [1.29, 1.82) is 0 Å². The fourth-order valence-electron chi connectivity index (χ4n) is 3.06. The normalized spacial score (nSPS) is 14.0. The highest BCUT2D eigenvalue weighted by Gasteiger charge is 2.23. The van der Waals surface area contributed by atoms with Crippen LogP contribution in [-0.4, -0.2) is 51.9 Å². The Balaban J connectivity index is 1.36.